The van der Waals surface area contributed by atoms with Crippen molar-refractivity contribution in [3.05, 3.63) is 46.8 Å². The van der Waals surface area contributed by atoms with Crippen LogP contribution in [-0.4, -0.2) is 43.8 Å². The first-order valence-corrected chi connectivity index (χ1v) is 8.60. The lowest BCUT2D eigenvalue weighted by molar-refractivity contribution is -0.274. The van der Waals surface area contributed by atoms with Crippen LogP contribution in [0.25, 0.3) is 5.78 Å². The number of halogens is 3. The highest BCUT2D eigenvalue weighted by atomic mass is 19.4. The molecule has 0 unspecified atom stereocenters. The first-order chi connectivity index (χ1) is 13.5. The molecule has 0 bridgehead atoms. The van der Waals surface area contributed by atoms with Gasteiger partial charge in [0.15, 0.2) is 0 Å². The number of carbonyl (C=O) groups excluding carboxylic acids is 1. The molecule has 0 aliphatic carbocycles. The minimum atomic E-state index is -4.74. The Morgan fingerprint density at radius 3 is 2.48 bits per heavy atom. The zero-order valence-corrected chi connectivity index (χ0v) is 16.0. The largest absolute Gasteiger partial charge is 0.573 e. The summed E-state index contributed by atoms with van der Waals surface area (Å²) < 4.78 is 42.0. The topological polar surface area (TPSA) is 98.6 Å². The van der Waals surface area contributed by atoms with Crippen LogP contribution in [0.3, 0.4) is 0 Å². The number of rotatable bonds is 5. The molecule has 0 atom stereocenters. The number of hydrogen-bond acceptors (Lipinski definition) is 6. The van der Waals surface area contributed by atoms with Crippen LogP contribution in [0, 0.1) is 13.8 Å². The molecule has 3 aromatic rings. The molecule has 2 heterocycles. The summed E-state index contributed by atoms with van der Waals surface area (Å²) in [6, 6.07) is 5.38. The van der Waals surface area contributed by atoms with Gasteiger partial charge in [0.1, 0.15) is 5.75 Å². The van der Waals surface area contributed by atoms with Gasteiger partial charge in [-0.25, -0.2) is 4.98 Å². The molecular weight excluding hydrogens is 389 g/mol. The third-order valence-electron chi connectivity index (χ3n) is 4.40. The van der Waals surface area contributed by atoms with E-state index in [0.29, 0.717) is 28.3 Å². The average Bonchev–Trinajstić information content (AvgIpc) is 2.99. The van der Waals surface area contributed by atoms with Crippen LogP contribution < -0.4 is 10.5 Å². The lowest BCUT2D eigenvalue weighted by atomic mass is 10.1. The summed E-state index contributed by atoms with van der Waals surface area (Å²) in [5.41, 5.74) is 8.36. The number of likely N-dealkylation sites (N-methyl/N-ethyl adjacent to an activating group) is 1. The minimum absolute atomic E-state index is 0.0894. The van der Waals surface area contributed by atoms with Crippen molar-refractivity contribution >= 4 is 17.6 Å². The second-order valence-electron chi connectivity index (χ2n) is 6.56. The number of nitrogens with two attached hydrogens (primary N) is 1. The molecule has 154 valence electrons. The van der Waals surface area contributed by atoms with Crippen molar-refractivity contribution in [2.45, 2.75) is 33.2 Å². The van der Waals surface area contributed by atoms with E-state index >= 15 is 0 Å². The molecule has 0 spiro atoms. The number of alkyl halides is 3. The number of aryl methyl sites for hydroxylation is 2. The number of anilines is 1. The van der Waals surface area contributed by atoms with Crippen LogP contribution in [-0.2, 0) is 17.8 Å². The highest BCUT2D eigenvalue weighted by Crippen LogP contribution is 2.23. The van der Waals surface area contributed by atoms with Crippen molar-refractivity contribution in [1.29, 1.82) is 0 Å². The monoisotopic (exact) mass is 408 g/mol. The lowest BCUT2D eigenvalue weighted by Crippen LogP contribution is -2.28. The van der Waals surface area contributed by atoms with E-state index in [1.165, 1.54) is 33.7 Å². The highest BCUT2D eigenvalue weighted by molar-refractivity contribution is 5.79. The smallest absolute Gasteiger partial charge is 0.406 e. The van der Waals surface area contributed by atoms with Crippen molar-refractivity contribution in [2.24, 2.45) is 0 Å². The number of hydrogen-bond donors (Lipinski definition) is 1. The van der Waals surface area contributed by atoms with E-state index in [1.54, 1.807) is 20.9 Å². The average molecular weight is 408 g/mol. The van der Waals surface area contributed by atoms with Gasteiger partial charge < -0.3 is 15.4 Å². The third-order valence-corrected chi connectivity index (χ3v) is 4.40. The zero-order valence-electron chi connectivity index (χ0n) is 16.0. The van der Waals surface area contributed by atoms with Crippen molar-refractivity contribution in [1.82, 2.24) is 24.5 Å². The van der Waals surface area contributed by atoms with Gasteiger partial charge in [0.2, 0.25) is 11.9 Å². The van der Waals surface area contributed by atoms with Crippen molar-refractivity contribution < 1.29 is 22.7 Å². The molecule has 1 amide bonds. The quantitative estimate of drug-likeness (QED) is 0.696. The normalized spacial score (nSPS) is 11.7. The zero-order chi connectivity index (χ0) is 21.3. The fourth-order valence-electron chi connectivity index (χ4n) is 2.92. The van der Waals surface area contributed by atoms with E-state index in [-0.39, 0.29) is 30.6 Å². The summed E-state index contributed by atoms with van der Waals surface area (Å²) in [5.74, 6) is -0.0317. The van der Waals surface area contributed by atoms with Crippen LogP contribution in [0.1, 0.15) is 22.5 Å². The Hall–Kier alpha value is -3.37. The Balaban J connectivity index is 1.70. The summed E-state index contributed by atoms with van der Waals surface area (Å²) in [7, 11) is 1.62. The Morgan fingerprint density at radius 2 is 1.86 bits per heavy atom. The van der Waals surface area contributed by atoms with Gasteiger partial charge in [-0.15, -0.1) is 18.3 Å². The number of fused-ring (bicyclic) bond motifs is 1. The maximum Gasteiger partial charge on any atom is 0.573 e. The molecule has 2 aromatic heterocycles. The number of amides is 1. The Labute approximate surface area is 164 Å². The highest BCUT2D eigenvalue weighted by Gasteiger charge is 2.31. The summed E-state index contributed by atoms with van der Waals surface area (Å²) in [6.45, 7) is 3.81. The number of ether oxygens (including phenoxy) is 1. The molecule has 3 rings (SSSR count). The maximum atomic E-state index is 12.7. The second-order valence-corrected chi connectivity index (χ2v) is 6.56. The third kappa shape index (κ3) is 4.73. The van der Waals surface area contributed by atoms with Crippen LogP contribution in [0.2, 0.25) is 0 Å². The van der Waals surface area contributed by atoms with Gasteiger partial charge in [0.05, 0.1) is 6.42 Å². The predicted molar refractivity (Wildman–Crippen MR) is 98.0 cm³/mol. The summed E-state index contributed by atoms with van der Waals surface area (Å²) in [6.07, 6.45) is -4.65. The van der Waals surface area contributed by atoms with Crippen LogP contribution in [0.5, 0.6) is 5.75 Å². The number of aromatic nitrogens is 4. The maximum absolute atomic E-state index is 12.7. The molecule has 8 nitrogen and oxygen atoms in total. The summed E-state index contributed by atoms with van der Waals surface area (Å²) >= 11 is 0. The molecule has 0 saturated heterocycles. The summed E-state index contributed by atoms with van der Waals surface area (Å²) in [4.78, 5) is 22.5. The van der Waals surface area contributed by atoms with Gasteiger partial charge in [-0.2, -0.15) is 9.50 Å². The first kappa shape index (κ1) is 20.4. The summed E-state index contributed by atoms with van der Waals surface area (Å²) in [5, 5.41) is 4.07. The fourth-order valence-corrected chi connectivity index (χ4v) is 2.92. The van der Waals surface area contributed by atoms with Gasteiger partial charge in [-0.1, -0.05) is 12.1 Å². The molecule has 2 N–H and O–H groups in total. The Kier molecular flexibility index (Phi) is 5.31. The molecule has 0 radical (unpaired) electrons. The standard InChI is InChI=1S/C18H19F3N6O2/c1-10-14(11(2)27-17(23-10)24-16(22)25-27)8-15(28)26(3)9-12-4-6-13(7-5-12)29-18(19,20)21/h4-7H,8-9H2,1-3H3,(H2,22,25). The molecular formula is C18H19F3N6O2. The van der Waals surface area contributed by atoms with Crippen molar-refractivity contribution in [3.8, 4) is 5.75 Å². The van der Waals surface area contributed by atoms with Gasteiger partial charge in [-0.05, 0) is 31.5 Å². The van der Waals surface area contributed by atoms with Crippen molar-refractivity contribution in [3.63, 3.8) is 0 Å². The Morgan fingerprint density at radius 1 is 1.21 bits per heavy atom. The minimum Gasteiger partial charge on any atom is -0.406 e. The van der Waals surface area contributed by atoms with Gasteiger partial charge in [0, 0.05) is 30.5 Å². The van der Waals surface area contributed by atoms with E-state index < -0.39 is 6.36 Å². The van der Waals surface area contributed by atoms with Gasteiger partial charge >= 0.3 is 6.36 Å². The lowest BCUT2D eigenvalue weighted by Gasteiger charge is -2.19. The predicted octanol–water partition coefficient (Wildman–Crippen LogP) is 2.42. The number of carbonyl (C=O) groups is 1. The van der Waals surface area contributed by atoms with Gasteiger partial charge in [0.25, 0.3) is 5.78 Å². The fraction of sp³-hybridized carbons (Fsp3) is 0.333. The number of nitrogen functional groups attached to an aromatic ring is 1. The van der Waals surface area contributed by atoms with Crippen LogP contribution >= 0.6 is 0 Å². The molecule has 0 saturated carbocycles. The first-order valence-electron chi connectivity index (χ1n) is 8.60. The molecule has 0 aliphatic rings. The van der Waals surface area contributed by atoms with Crippen LogP contribution in [0.15, 0.2) is 24.3 Å². The van der Waals surface area contributed by atoms with E-state index in [1.807, 2.05) is 0 Å². The molecule has 29 heavy (non-hydrogen) atoms. The van der Waals surface area contributed by atoms with E-state index in [2.05, 4.69) is 19.8 Å². The molecule has 11 heteroatoms. The van der Waals surface area contributed by atoms with E-state index in [9.17, 15) is 18.0 Å². The van der Waals surface area contributed by atoms with Crippen LogP contribution in [0.4, 0.5) is 19.1 Å². The second kappa shape index (κ2) is 7.57. The number of nitrogens with zero attached hydrogens (tertiary/aromatic N) is 5. The van der Waals surface area contributed by atoms with E-state index in [0.717, 1.165) is 0 Å². The SMILES string of the molecule is Cc1nc2nc(N)nn2c(C)c1CC(=O)N(C)Cc1ccc(OC(F)(F)F)cc1. The molecule has 0 aliphatic heterocycles. The molecule has 1 aromatic carbocycles. The molecule has 0 fully saturated rings. The van der Waals surface area contributed by atoms with Crippen molar-refractivity contribution in [2.75, 3.05) is 12.8 Å². The Bertz CT molecular complexity index is 1050. The number of benzene rings is 1. The van der Waals surface area contributed by atoms with E-state index in [4.69, 9.17) is 5.73 Å². The van der Waals surface area contributed by atoms with Gasteiger partial charge in [-0.3, -0.25) is 4.79 Å².